The Hall–Kier alpha value is -1.66. The van der Waals surface area contributed by atoms with Crippen molar-refractivity contribution in [2.75, 3.05) is 26.2 Å². The van der Waals surface area contributed by atoms with Crippen molar-refractivity contribution in [2.45, 2.75) is 38.3 Å². The van der Waals surface area contributed by atoms with Gasteiger partial charge in [-0.05, 0) is 25.0 Å². The topological polar surface area (TPSA) is 58.5 Å². The average molecular weight is 302 g/mol. The lowest BCUT2D eigenvalue weighted by atomic mass is 10.2. The number of hydrogen-bond donors (Lipinski definition) is 0. The molecule has 2 aliphatic rings. The van der Waals surface area contributed by atoms with Gasteiger partial charge in [0.1, 0.15) is 0 Å². The van der Waals surface area contributed by atoms with E-state index in [2.05, 4.69) is 19.9 Å². The molecule has 2 fully saturated rings. The molecular weight excluding hydrogens is 280 g/mol. The molecule has 0 atom stereocenters. The summed E-state index contributed by atoms with van der Waals surface area (Å²) in [6.07, 6.45) is 7.20. The summed E-state index contributed by atoms with van der Waals surface area (Å²) >= 11 is 0. The van der Waals surface area contributed by atoms with Crippen LogP contribution >= 0.6 is 0 Å². The number of aromatic nitrogens is 2. The molecule has 22 heavy (non-hydrogen) atoms. The summed E-state index contributed by atoms with van der Waals surface area (Å²) in [6, 6.07) is 4.50. The van der Waals surface area contributed by atoms with E-state index in [1.165, 1.54) is 25.7 Å². The van der Waals surface area contributed by atoms with Gasteiger partial charge in [0.2, 0.25) is 11.7 Å². The Kier molecular flexibility index (Phi) is 3.95. The molecule has 0 spiro atoms. The maximum absolute atomic E-state index is 5.34. The second kappa shape index (κ2) is 6.22. The van der Waals surface area contributed by atoms with Gasteiger partial charge in [0, 0.05) is 32.2 Å². The van der Waals surface area contributed by atoms with Crippen molar-refractivity contribution < 1.29 is 8.94 Å². The quantitative estimate of drug-likeness (QED) is 0.864. The Bertz CT molecular complexity index is 581. The second-order valence-electron chi connectivity index (χ2n) is 6.24. The van der Waals surface area contributed by atoms with Gasteiger partial charge in [0.25, 0.3) is 0 Å². The number of nitrogens with zero attached hydrogens (tertiary/aromatic N) is 4. The smallest absolute Gasteiger partial charge is 0.241 e. The van der Waals surface area contributed by atoms with Crippen molar-refractivity contribution in [1.82, 2.24) is 19.9 Å². The first kappa shape index (κ1) is 14.0. The van der Waals surface area contributed by atoms with E-state index in [0.717, 1.165) is 38.8 Å². The molecule has 0 N–H and O–H groups in total. The standard InChI is InChI=1S/C16H22N4O2/c1-2-5-13(4-1)20-9-7-19(8-10-20)12-15-17-16(18-22-15)14-6-3-11-21-14/h3,6,11,13H,1-2,4-5,7-10,12H2. The van der Waals surface area contributed by atoms with E-state index in [-0.39, 0.29) is 0 Å². The zero-order valence-electron chi connectivity index (χ0n) is 12.8. The van der Waals surface area contributed by atoms with Crippen LogP contribution in [0, 0.1) is 0 Å². The van der Waals surface area contributed by atoms with Crippen molar-refractivity contribution in [3.63, 3.8) is 0 Å². The van der Waals surface area contributed by atoms with Gasteiger partial charge in [0.05, 0.1) is 12.8 Å². The van der Waals surface area contributed by atoms with E-state index in [1.54, 1.807) is 6.26 Å². The number of piperazine rings is 1. The molecule has 0 amide bonds. The van der Waals surface area contributed by atoms with Crippen molar-refractivity contribution in [1.29, 1.82) is 0 Å². The fourth-order valence-electron chi connectivity index (χ4n) is 3.57. The number of hydrogen-bond acceptors (Lipinski definition) is 6. The van der Waals surface area contributed by atoms with E-state index in [0.29, 0.717) is 17.5 Å². The van der Waals surface area contributed by atoms with Crippen LogP contribution in [0.25, 0.3) is 11.6 Å². The molecule has 6 heteroatoms. The van der Waals surface area contributed by atoms with Crippen LogP contribution in [0.3, 0.4) is 0 Å². The van der Waals surface area contributed by atoms with Crippen molar-refractivity contribution in [3.05, 3.63) is 24.3 Å². The minimum absolute atomic E-state index is 0.532. The van der Waals surface area contributed by atoms with Crippen LogP contribution in [0.5, 0.6) is 0 Å². The van der Waals surface area contributed by atoms with Crippen molar-refractivity contribution in [2.24, 2.45) is 0 Å². The van der Waals surface area contributed by atoms with Crippen LogP contribution in [0.4, 0.5) is 0 Å². The lowest BCUT2D eigenvalue weighted by Gasteiger charge is -2.37. The van der Waals surface area contributed by atoms with Crippen LogP contribution in [0.15, 0.2) is 27.3 Å². The van der Waals surface area contributed by atoms with Gasteiger partial charge in [-0.2, -0.15) is 4.98 Å². The minimum atomic E-state index is 0.532. The van der Waals surface area contributed by atoms with Crippen LogP contribution in [-0.2, 0) is 6.54 Å². The third-order valence-corrected chi connectivity index (χ3v) is 4.82. The second-order valence-corrected chi connectivity index (χ2v) is 6.24. The zero-order valence-corrected chi connectivity index (χ0v) is 12.8. The van der Waals surface area contributed by atoms with Gasteiger partial charge in [-0.3, -0.25) is 9.80 Å². The first-order valence-electron chi connectivity index (χ1n) is 8.21. The number of rotatable bonds is 4. The van der Waals surface area contributed by atoms with Crippen LogP contribution in [0.1, 0.15) is 31.6 Å². The number of furan rings is 1. The molecular formula is C16H22N4O2. The molecule has 1 saturated carbocycles. The molecule has 2 aromatic rings. The normalized spacial score (nSPS) is 21.6. The van der Waals surface area contributed by atoms with E-state index in [1.807, 2.05) is 12.1 Å². The first-order chi connectivity index (χ1) is 10.9. The van der Waals surface area contributed by atoms with Crippen LogP contribution in [0.2, 0.25) is 0 Å². The van der Waals surface area contributed by atoms with E-state index in [4.69, 9.17) is 8.94 Å². The van der Waals surface area contributed by atoms with Crippen LogP contribution < -0.4 is 0 Å². The van der Waals surface area contributed by atoms with E-state index < -0.39 is 0 Å². The molecule has 0 unspecified atom stereocenters. The summed E-state index contributed by atoms with van der Waals surface area (Å²) in [7, 11) is 0. The fourth-order valence-corrected chi connectivity index (χ4v) is 3.57. The summed E-state index contributed by atoms with van der Waals surface area (Å²) in [6.45, 7) is 5.20. The molecule has 2 aromatic heterocycles. The Morgan fingerprint density at radius 1 is 1.14 bits per heavy atom. The van der Waals surface area contributed by atoms with E-state index in [9.17, 15) is 0 Å². The molecule has 0 aromatic carbocycles. The van der Waals surface area contributed by atoms with Gasteiger partial charge in [-0.25, -0.2) is 0 Å². The third kappa shape index (κ3) is 2.94. The highest BCUT2D eigenvalue weighted by atomic mass is 16.5. The Labute approximate surface area is 130 Å². The first-order valence-corrected chi connectivity index (χ1v) is 8.21. The molecule has 0 radical (unpaired) electrons. The average Bonchev–Trinajstić information content (AvgIpc) is 3.30. The van der Waals surface area contributed by atoms with Gasteiger partial charge in [-0.1, -0.05) is 18.0 Å². The van der Waals surface area contributed by atoms with E-state index >= 15 is 0 Å². The molecule has 0 bridgehead atoms. The molecule has 4 rings (SSSR count). The predicted molar refractivity (Wildman–Crippen MR) is 81.1 cm³/mol. The highest BCUT2D eigenvalue weighted by Crippen LogP contribution is 2.24. The maximum atomic E-state index is 5.34. The summed E-state index contributed by atoms with van der Waals surface area (Å²) in [4.78, 5) is 9.47. The lowest BCUT2D eigenvalue weighted by Crippen LogP contribution is -2.49. The summed E-state index contributed by atoms with van der Waals surface area (Å²) in [5.41, 5.74) is 0. The SMILES string of the molecule is c1coc(-c2noc(CN3CCN(C4CCCC4)CC3)n2)c1. The molecule has 1 saturated heterocycles. The Morgan fingerprint density at radius 2 is 1.95 bits per heavy atom. The largest absolute Gasteiger partial charge is 0.461 e. The molecule has 3 heterocycles. The monoisotopic (exact) mass is 302 g/mol. The van der Waals surface area contributed by atoms with Crippen molar-refractivity contribution >= 4 is 0 Å². The highest BCUT2D eigenvalue weighted by molar-refractivity contribution is 5.44. The van der Waals surface area contributed by atoms with Gasteiger partial charge in [-0.15, -0.1) is 0 Å². The Balaban J connectivity index is 1.31. The summed E-state index contributed by atoms with van der Waals surface area (Å²) < 4.78 is 10.6. The van der Waals surface area contributed by atoms with Crippen molar-refractivity contribution in [3.8, 4) is 11.6 Å². The minimum Gasteiger partial charge on any atom is -0.461 e. The summed E-state index contributed by atoms with van der Waals surface area (Å²) in [5.74, 6) is 1.85. The molecule has 6 nitrogen and oxygen atoms in total. The zero-order chi connectivity index (χ0) is 14.8. The predicted octanol–water partition coefficient (Wildman–Crippen LogP) is 2.39. The van der Waals surface area contributed by atoms with Gasteiger partial charge < -0.3 is 8.94 Å². The van der Waals surface area contributed by atoms with Crippen LogP contribution in [-0.4, -0.2) is 52.2 Å². The molecule has 1 aliphatic heterocycles. The lowest BCUT2D eigenvalue weighted by molar-refractivity contribution is 0.0868. The highest BCUT2D eigenvalue weighted by Gasteiger charge is 2.26. The van der Waals surface area contributed by atoms with Gasteiger partial charge in [0.15, 0.2) is 5.76 Å². The fraction of sp³-hybridized carbons (Fsp3) is 0.625. The molecule has 1 aliphatic carbocycles. The van der Waals surface area contributed by atoms with Gasteiger partial charge >= 0.3 is 0 Å². The maximum Gasteiger partial charge on any atom is 0.241 e. The third-order valence-electron chi connectivity index (χ3n) is 4.82. The Morgan fingerprint density at radius 3 is 2.68 bits per heavy atom. The summed E-state index contributed by atoms with van der Waals surface area (Å²) in [5, 5.41) is 3.99. The molecule has 118 valence electrons.